The molecule has 2 aliphatic rings. The van der Waals surface area contributed by atoms with Crippen LogP contribution in [0.1, 0.15) is 93.7 Å². The van der Waals surface area contributed by atoms with E-state index >= 15 is 0 Å². The minimum atomic E-state index is -1.94. The molecule has 7 heteroatoms. The van der Waals surface area contributed by atoms with Crippen LogP contribution in [-0.4, -0.2) is 0 Å². The van der Waals surface area contributed by atoms with Gasteiger partial charge < -0.3 is 0 Å². The molecule has 196 valence electrons. The van der Waals surface area contributed by atoms with Gasteiger partial charge in [0.25, 0.3) is 0 Å². The van der Waals surface area contributed by atoms with Gasteiger partial charge in [-0.25, -0.2) is 30.7 Å². The Morgan fingerprint density at radius 3 is 1.67 bits per heavy atom. The van der Waals surface area contributed by atoms with Crippen molar-refractivity contribution in [1.82, 2.24) is 0 Å². The standard InChI is InChI=1S/C29H31F7/c1-2-3-16-4-6-17(7-5-16)18-8-10-19(11-9-18)20-12-22(30)26(23(31)13-20)29(36)27(34)21-14-24(32)28(35)25(33)15-21/h12-19H,2-11H2,1H3. The molecule has 2 aliphatic carbocycles. The van der Waals surface area contributed by atoms with E-state index in [2.05, 4.69) is 6.92 Å². The first-order valence-corrected chi connectivity index (χ1v) is 12.9. The highest BCUT2D eigenvalue weighted by atomic mass is 19.2. The van der Waals surface area contributed by atoms with Crippen molar-refractivity contribution in [3.8, 4) is 0 Å². The molecule has 0 saturated heterocycles. The third-order valence-electron chi connectivity index (χ3n) is 8.21. The highest BCUT2D eigenvalue weighted by Gasteiger charge is 2.32. The lowest BCUT2D eigenvalue weighted by atomic mass is 9.68. The average Bonchev–Trinajstić information content (AvgIpc) is 2.86. The van der Waals surface area contributed by atoms with Crippen LogP contribution in [0.15, 0.2) is 24.3 Å². The largest absolute Gasteiger partial charge is 0.206 e. The van der Waals surface area contributed by atoms with Crippen molar-refractivity contribution >= 4 is 11.7 Å². The third kappa shape index (κ3) is 5.65. The summed E-state index contributed by atoms with van der Waals surface area (Å²) in [6.07, 6.45) is 11.1. The molecule has 0 N–H and O–H groups in total. The molecule has 0 amide bonds. The Morgan fingerprint density at radius 2 is 1.17 bits per heavy atom. The molecule has 2 aromatic rings. The molecular weight excluding hydrogens is 481 g/mol. The summed E-state index contributed by atoms with van der Waals surface area (Å²) in [4.78, 5) is 0. The Balaban J connectivity index is 1.46. The number of hydrogen-bond acceptors (Lipinski definition) is 0. The smallest absolute Gasteiger partial charge is 0.194 e. The van der Waals surface area contributed by atoms with Crippen LogP contribution >= 0.6 is 0 Å². The van der Waals surface area contributed by atoms with Gasteiger partial charge in [-0.15, -0.1) is 0 Å². The van der Waals surface area contributed by atoms with Gasteiger partial charge in [0, 0.05) is 5.56 Å². The Hall–Kier alpha value is -2.31. The zero-order valence-corrected chi connectivity index (χ0v) is 20.3. The van der Waals surface area contributed by atoms with E-state index in [0.29, 0.717) is 17.4 Å². The number of hydrogen-bond donors (Lipinski definition) is 0. The van der Waals surface area contributed by atoms with Crippen molar-refractivity contribution in [3.63, 3.8) is 0 Å². The van der Waals surface area contributed by atoms with Gasteiger partial charge in [0.1, 0.15) is 11.6 Å². The van der Waals surface area contributed by atoms with E-state index in [0.717, 1.165) is 43.7 Å². The second kappa shape index (κ2) is 11.4. The Bertz CT molecular complexity index is 1060. The van der Waals surface area contributed by atoms with Crippen LogP contribution in [0, 0.1) is 46.8 Å². The molecular formula is C29H31F7. The van der Waals surface area contributed by atoms with Crippen LogP contribution in [0.5, 0.6) is 0 Å². The topological polar surface area (TPSA) is 0 Å². The highest BCUT2D eigenvalue weighted by molar-refractivity contribution is 5.83. The van der Waals surface area contributed by atoms with E-state index in [4.69, 9.17) is 0 Å². The molecule has 2 fully saturated rings. The van der Waals surface area contributed by atoms with Gasteiger partial charge in [-0.3, -0.25) is 0 Å². The number of benzene rings is 2. The molecule has 0 nitrogen and oxygen atoms in total. The molecule has 0 unspecified atom stereocenters. The fraction of sp³-hybridized carbons (Fsp3) is 0.517. The van der Waals surface area contributed by atoms with Crippen molar-refractivity contribution in [2.24, 2.45) is 17.8 Å². The van der Waals surface area contributed by atoms with Crippen molar-refractivity contribution in [3.05, 3.63) is 70.0 Å². The van der Waals surface area contributed by atoms with Gasteiger partial charge in [0.15, 0.2) is 29.1 Å². The summed E-state index contributed by atoms with van der Waals surface area (Å²) in [5.74, 6) is -9.66. The zero-order chi connectivity index (χ0) is 26.0. The maximum absolute atomic E-state index is 14.8. The second-order valence-corrected chi connectivity index (χ2v) is 10.4. The Morgan fingerprint density at radius 1 is 0.667 bits per heavy atom. The lowest BCUT2D eigenvalue weighted by Crippen LogP contribution is -2.25. The maximum atomic E-state index is 14.8. The first kappa shape index (κ1) is 26.7. The predicted molar refractivity (Wildman–Crippen MR) is 127 cm³/mol. The molecule has 0 spiro atoms. The summed E-state index contributed by atoms with van der Waals surface area (Å²) in [7, 11) is 0. The van der Waals surface area contributed by atoms with Crippen molar-refractivity contribution in [1.29, 1.82) is 0 Å². The maximum Gasteiger partial charge on any atom is 0.194 e. The minimum absolute atomic E-state index is 0.0760. The monoisotopic (exact) mass is 512 g/mol. The zero-order valence-electron chi connectivity index (χ0n) is 20.3. The highest BCUT2D eigenvalue weighted by Crippen LogP contribution is 2.45. The first-order valence-electron chi connectivity index (χ1n) is 12.9. The molecule has 0 atom stereocenters. The van der Waals surface area contributed by atoms with E-state index in [-0.39, 0.29) is 18.1 Å². The summed E-state index contributed by atoms with van der Waals surface area (Å²) >= 11 is 0. The van der Waals surface area contributed by atoms with Gasteiger partial charge in [0.2, 0.25) is 0 Å². The number of halogens is 7. The molecule has 36 heavy (non-hydrogen) atoms. The molecule has 2 saturated carbocycles. The molecule has 0 aromatic heterocycles. The average molecular weight is 513 g/mol. The third-order valence-corrected chi connectivity index (χ3v) is 8.21. The van der Waals surface area contributed by atoms with E-state index in [1.54, 1.807) is 0 Å². The Kier molecular flexibility index (Phi) is 8.46. The van der Waals surface area contributed by atoms with Gasteiger partial charge in [-0.05, 0) is 92.0 Å². The normalized spacial score (nSPS) is 25.6. The lowest BCUT2D eigenvalue weighted by Gasteiger charge is -2.38. The number of rotatable bonds is 6. The molecule has 0 bridgehead atoms. The lowest BCUT2D eigenvalue weighted by molar-refractivity contribution is 0.156. The quantitative estimate of drug-likeness (QED) is 0.205. The van der Waals surface area contributed by atoms with Gasteiger partial charge in [0.05, 0.1) is 5.56 Å². The van der Waals surface area contributed by atoms with Crippen LogP contribution in [-0.2, 0) is 0 Å². The van der Waals surface area contributed by atoms with Gasteiger partial charge >= 0.3 is 0 Å². The van der Waals surface area contributed by atoms with Crippen molar-refractivity contribution in [2.75, 3.05) is 0 Å². The molecule has 0 aliphatic heterocycles. The fourth-order valence-electron chi connectivity index (χ4n) is 6.24. The van der Waals surface area contributed by atoms with E-state index in [9.17, 15) is 30.7 Å². The van der Waals surface area contributed by atoms with E-state index in [1.807, 2.05) is 0 Å². The summed E-state index contributed by atoms with van der Waals surface area (Å²) in [5, 5.41) is 0. The fourth-order valence-corrected chi connectivity index (χ4v) is 6.24. The first-order chi connectivity index (χ1) is 17.2. The Labute approximate surface area is 207 Å². The molecule has 4 rings (SSSR count). The van der Waals surface area contributed by atoms with Crippen LogP contribution < -0.4 is 0 Å². The minimum Gasteiger partial charge on any atom is -0.206 e. The van der Waals surface area contributed by atoms with E-state index in [1.165, 1.54) is 38.5 Å². The van der Waals surface area contributed by atoms with Gasteiger partial charge in [-0.2, -0.15) is 0 Å². The summed E-state index contributed by atoms with van der Waals surface area (Å²) in [6, 6.07) is 2.48. The summed E-state index contributed by atoms with van der Waals surface area (Å²) in [5.41, 5.74) is -1.85. The molecule has 0 radical (unpaired) electrons. The van der Waals surface area contributed by atoms with Crippen molar-refractivity contribution in [2.45, 2.75) is 77.0 Å². The predicted octanol–water partition coefficient (Wildman–Crippen LogP) is 10.0. The summed E-state index contributed by atoms with van der Waals surface area (Å²) < 4.78 is 98.7. The van der Waals surface area contributed by atoms with Crippen LogP contribution in [0.3, 0.4) is 0 Å². The molecule has 2 aromatic carbocycles. The van der Waals surface area contributed by atoms with Crippen LogP contribution in [0.2, 0.25) is 0 Å². The summed E-state index contributed by atoms with van der Waals surface area (Å²) in [6.45, 7) is 2.22. The second-order valence-electron chi connectivity index (χ2n) is 10.4. The van der Waals surface area contributed by atoms with Gasteiger partial charge in [-0.1, -0.05) is 32.6 Å². The molecule has 0 heterocycles. The van der Waals surface area contributed by atoms with Crippen molar-refractivity contribution < 1.29 is 30.7 Å². The van der Waals surface area contributed by atoms with Crippen LogP contribution in [0.25, 0.3) is 11.7 Å². The van der Waals surface area contributed by atoms with E-state index < -0.39 is 51.9 Å². The SMILES string of the molecule is CCCC1CCC(C2CCC(c3cc(F)c(C(F)=C(F)c4cc(F)c(F)c(F)c4)c(F)c3)CC2)CC1. The van der Waals surface area contributed by atoms with Crippen LogP contribution in [0.4, 0.5) is 30.7 Å².